The van der Waals surface area contributed by atoms with Gasteiger partial charge in [0.05, 0.1) is 6.54 Å². The van der Waals surface area contributed by atoms with E-state index in [2.05, 4.69) is 10.6 Å². The Bertz CT molecular complexity index is 626. The third-order valence-corrected chi connectivity index (χ3v) is 2.94. The minimum absolute atomic E-state index is 0.140. The third kappa shape index (κ3) is 3.82. The zero-order valence-electron chi connectivity index (χ0n) is 11.5. The predicted molar refractivity (Wildman–Crippen MR) is 79.4 cm³/mol. The molecule has 0 atom stereocenters. The van der Waals surface area contributed by atoms with Crippen molar-refractivity contribution >= 4 is 17.3 Å². The largest absolute Gasteiger partial charge is 0.376 e. The summed E-state index contributed by atoms with van der Waals surface area (Å²) in [4.78, 5) is 11.8. The first kappa shape index (κ1) is 14.1. The van der Waals surface area contributed by atoms with Crippen LogP contribution in [0.4, 0.5) is 15.8 Å². The van der Waals surface area contributed by atoms with Gasteiger partial charge in [-0.2, -0.15) is 0 Å². The molecule has 0 radical (unpaired) electrons. The Kier molecular flexibility index (Phi) is 4.35. The fraction of sp³-hybridized carbons (Fsp3) is 0.188. The molecule has 2 N–H and O–H groups in total. The molecule has 0 aliphatic carbocycles. The highest BCUT2D eigenvalue weighted by molar-refractivity contribution is 5.93. The van der Waals surface area contributed by atoms with Gasteiger partial charge >= 0.3 is 0 Å². The van der Waals surface area contributed by atoms with Gasteiger partial charge in [-0.1, -0.05) is 18.2 Å². The van der Waals surface area contributed by atoms with Crippen molar-refractivity contribution in [3.63, 3.8) is 0 Å². The minimum Gasteiger partial charge on any atom is -0.376 e. The highest BCUT2D eigenvalue weighted by Gasteiger charge is 2.04. The van der Waals surface area contributed by atoms with Gasteiger partial charge in [-0.05, 0) is 49.2 Å². The molecule has 3 nitrogen and oxygen atoms in total. The van der Waals surface area contributed by atoms with Crippen LogP contribution in [0.15, 0.2) is 42.5 Å². The van der Waals surface area contributed by atoms with E-state index in [0.717, 1.165) is 16.8 Å². The number of aryl methyl sites for hydroxylation is 2. The van der Waals surface area contributed by atoms with E-state index in [1.807, 2.05) is 32.0 Å². The lowest BCUT2D eigenvalue weighted by molar-refractivity contribution is -0.114. The highest BCUT2D eigenvalue weighted by atomic mass is 19.1. The van der Waals surface area contributed by atoms with E-state index in [4.69, 9.17) is 0 Å². The van der Waals surface area contributed by atoms with Gasteiger partial charge in [0.2, 0.25) is 5.91 Å². The monoisotopic (exact) mass is 272 g/mol. The summed E-state index contributed by atoms with van der Waals surface area (Å²) < 4.78 is 13.0. The zero-order valence-corrected chi connectivity index (χ0v) is 11.5. The van der Waals surface area contributed by atoms with E-state index >= 15 is 0 Å². The SMILES string of the molecule is Cc1ccc(C)c(NCC(=O)Nc2cccc(F)c2)c1. The number of carbonyl (C=O) groups excluding carboxylic acids is 1. The van der Waals surface area contributed by atoms with E-state index in [1.54, 1.807) is 12.1 Å². The molecule has 0 saturated carbocycles. The molecule has 2 rings (SSSR count). The Balaban J connectivity index is 1.94. The maximum Gasteiger partial charge on any atom is 0.243 e. The Hall–Kier alpha value is -2.36. The van der Waals surface area contributed by atoms with Gasteiger partial charge in [-0.3, -0.25) is 4.79 Å². The van der Waals surface area contributed by atoms with Crippen molar-refractivity contribution in [2.75, 3.05) is 17.2 Å². The highest BCUT2D eigenvalue weighted by Crippen LogP contribution is 2.16. The van der Waals surface area contributed by atoms with E-state index < -0.39 is 0 Å². The number of halogens is 1. The van der Waals surface area contributed by atoms with Crippen molar-refractivity contribution in [2.45, 2.75) is 13.8 Å². The van der Waals surface area contributed by atoms with Crippen LogP contribution >= 0.6 is 0 Å². The van der Waals surface area contributed by atoms with Gasteiger partial charge in [0, 0.05) is 11.4 Å². The average Bonchev–Trinajstić information content (AvgIpc) is 2.40. The standard InChI is InChI=1S/C16H17FN2O/c1-11-6-7-12(2)15(8-11)18-10-16(20)19-14-5-3-4-13(17)9-14/h3-9,18H,10H2,1-2H3,(H,19,20). The first-order valence-electron chi connectivity index (χ1n) is 6.41. The van der Waals surface area contributed by atoms with Crippen molar-refractivity contribution in [3.05, 3.63) is 59.4 Å². The second-order valence-electron chi connectivity index (χ2n) is 4.73. The number of carbonyl (C=O) groups is 1. The molecule has 0 heterocycles. The smallest absolute Gasteiger partial charge is 0.243 e. The van der Waals surface area contributed by atoms with Gasteiger partial charge in [-0.25, -0.2) is 4.39 Å². The molecule has 4 heteroatoms. The number of nitrogens with one attached hydrogen (secondary N) is 2. The van der Waals surface area contributed by atoms with Gasteiger partial charge in [-0.15, -0.1) is 0 Å². The molecule has 0 aliphatic heterocycles. The van der Waals surface area contributed by atoms with Crippen LogP contribution in [0, 0.1) is 19.7 Å². The van der Waals surface area contributed by atoms with E-state index in [-0.39, 0.29) is 18.3 Å². The van der Waals surface area contributed by atoms with Crippen molar-refractivity contribution < 1.29 is 9.18 Å². The fourth-order valence-electron chi connectivity index (χ4n) is 1.87. The summed E-state index contributed by atoms with van der Waals surface area (Å²) in [7, 11) is 0. The van der Waals surface area contributed by atoms with Crippen molar-refractivity contribution in [1.29, 1.82) is 0 Å². The molecule has 0 bridgehead atoms. The van der Waals surface area contributed by atoms with Crippen LogP contribution in [0.3, 0.4) is 0 Å². The fourth-order valence-corrected chi connectivity index (χ4v) is 1.87. The summed E-state index contributed by atoms with van der Waals surface area (Å²) in [6, 6.07) is 11.8. The van der Waals surface area contributed by atoms with Crippen molar-refractivity contribution in [3.8, 4) is 0 Å². The molecular formula is C16H17FN2O. The third-order valence-electron chi connectivity index (χ3n) is 2.94. The number of benzene rings is 2. The number of anilines is 2. The summed E-state index contributed by atoms with van der Waals surface area (Å²) >= 11 is 0. The molecule has 0 aliphatic rings. The molecular weight excluding hydrogens is 255 g/mol. The maximum atomic E-state index is 13.0. The molecule has 0 fully saturated rings. The molecule has 0 unspecified atom stereocenters. The van der Waals surface area contributed by atoms with Crippen LogP contribution in [-0.4, -0.2) is 12.5 Å². The van der Waals surface area contributed by atoms with Crippen LogP contribution in [0.5, 0.6) is 0 Å². The number of rotatable bonds is 4. The molecule has 20 heavy (non-hydrogen) atoms. The van der Waals surface area contributed by atoms with Gasteiger partial charge in [0.1, 0.15) is 5.82 Å². The van der Waals surface area contributed by atoms with Crippen molar-refractivity contribution in [1.82, 2.24) is 0 Å². The van der Waals surface area contributed by atoms with E-state index in [0.29, 0.717) is 5.69 Å². The minimum atomic E-state index is -0.370. The Morgan fingerprint density at radius 1 is 1.15 bits per heavy atom. The number of hydrogen-bond donors (Lipinski definition) is 2. The molecule has 1 amide bonds. The van der Waals surface area contributed by atoms with Crippen LogP contribution in [0.2, 0.25) is 0 Å². The predicted octanol–water partition coefficient (Wildman–Crippen LogP) is 3.49. The first-order chi connectivity index (χ1) is 9.54. The Labute approximate surface area is 117 Å². The zero-order chi connectivity index (χ0) is 14.5. The maximum absolute atomic E-state index is 13.0. The average molecular weight is 272 g/mol. The molecule has 0 spiro atoms. The Morgan fingerprint density at radius 2 is 1.95 bits per heavy atom. The molecule has 104 valence electrons. The van der Waals surface area contributed by atoms with Crippen molar-refractivity contribution in [2.24, 2.45) is 0 Å². The molecule has 0 saturated heterocycles. The van der Waals surface area contributed by atoms with E-state index in [1.165, 1.54) is 12.1 Å². The summed E-state index contributed by atoms with van der Waals surface area (Å²) in [5.74, 6) is -0.582. The summed E-state index contributed by atoms with van der Waals surface area (Å²) in [6.07, 6.45) is 0. The van der Waals surface area contributed by atoms with Gasteiger partial charge < -0.3 is 10.6 Å². The molecule has 2 aromatic rings. The second-order valence-corrected chi connectivity index (χ2v) is 4.73. The first-order valence-corrected chi connectivity index (χ1v) is 6.41. The lowest BCUT2D eigenvalue weighted by Crippen LogP contribution is -2.22. The lowest BCUT2D eigenvalue weighted by atomic mass is 10.1. The molecule has 0 aromatic heterocycles. The quantitative estimate of drug-likeness (QED) is 0.894. The van der Waals surface area contributed by atoms with Crippen LogP contribution in [0.1, 0.15) is 11.1 Å². The van der Waals surface area contributed by atoms with Crippen LogP contribution in [-0.2, 0) is 4.79 Å². The summed E-state index contributed by atoms with van der Waals surface area (Å²) in [6.45, 7) is 4.12. The van der Waals surface area contributed by atoms with E-state index in [9.17, 15) is 9.18 Å². The normalized spacial score (nSPS) is 10.2. The lowest BCUT2D eigenvalue weighted by Gasteiger charge is -2.11. The second kappa shape index (κ2) is 6.19. The number of amides is 1. The van der Waals surface area contributed by atoms with Gasteiger partial charge in [0.25, 0.3) is 0 Å². The van der Waals surface area contributed by atoms with Crippen LogP contribution in [0.25, 0.3) is 0 Å². The molecule has 2 aromatic carbocycles. The Morgan fingerprint density at radius 3 is 2.70 bits per heavy atom. The summed E-state index contributed by atoms with van der Waals surface area (Å²) in [5, 5.41) is 5.73. The van der Waals surface area contributed by atoms with Gasteiger partial charge in [0.15, 0.2) is 0 Å². The number of hydrogen-bond acceptors (Lipinski definition) is 2. The topological polar surface area (TPSA) is 41.1 Å². The summed E-state index contributed by atoms with van der Waals surface area (Å²) in [5.41, 5.74) is 3.59. The van der Waals surface area contributed by atoms with Crippen LogP contribution < -0.4 is 10.6 Å².